The predicted octanol–water partition coefficient (Wildman–Crippen LogP) is 2.51. The van der Waals surface area contributed by atoms with Crippen LogP contribution in [-0.4, -0.2) is 53.2 Å². The quantitative estimate of drug-likeness (QED) is 0.900. The number of carbonyl (C=O) groups is 3. The Balaban J connectivity index is 1.70. The van der Waals surface area contributed by atoms with E-state index in [2.05, 4.69) is 5.32 Å². The van der Waals surface area contributed by atoms with Gasteiger partial charge in [-0.2, -0.15) is 0 Å². The highest BCUT2D eigenvalue weighted by molar-refractivity contribution is 6.00. The molecule has 0 bridgehead atoms. The van der Waals surface area contributed by atoms with Crippen molar-refractivity contribution in [2.24, 2.45) is 5.92 Å². The molecule has 1 heterocycles. The van der Waals surface area contributed by atoms with Gasteiger partial charge < -0.3 is 15.1 Å². The molecule has 0 radical (unpaired) electrons. The van der Waals surface area contributed by atoms with Gasteiger partial charge in [-0.3, -0.25) is 14.4 Å². The number of carbonyl (C=O) groups excluding carboxylic acids is 3. The fraction of sp³-hybridized carbons (Fsp3) is 0.550. The normalized spacial score (nSPS) is 21.2. The maximum atomic E-state index is 12.9. The number of piperazine rings is 1. The summed E-state index contributed by atoms with van der Waals surface area (Å²) in [5, 5.41) is 2.93. The van der Waals surface area contributed by atoms with Gasteiger partial charge in [0.25, 0.3) is 5.91 Å². The average molecular weight is 357 g/mol. The van der Waals surface area contributed by atoms with E-state index in [0.717, 1.165) is 25.7 Å². The molecular weight excluding hydrogens is 330 g/mol. The highest BCUT2D eigenvalue weighted by Gasteiger charge is 2.34. The summed E-state index contributed by atoms with van der Waals surface area (Å²) in [5.41, 5.74) is 1.14. The number of hydrogen-bond donors (Lipinski definition) is 1. The zero-order valence-electron chi connectivity index (χ0n) is 15.5. The molecule has 140 valence electrons. The zero-order valence-corrected chi connectivity index (χ0v) is 15.5. The summed E-state index contributed by atoms with van der Waals surface area (Å²) < 4.78 is 0. The second kappa shape index (κ2) is 7.89. The Morgan fingerprint density at radius 3 is 2.62 bits per heavy atom. The van der Waals surface area contributed by atoms with Crippen molar-refractivity contribution in [3.8, 4) is 0 Å². The van der Waals surface area contributed by atoms with Crippen molar-refractivity contribution in [1.82, 2.24) is 9.80 Å². The maximum Gasteiger partial charge on any atom is 0.254 e. The Kier molecular flexibility index (Phi) is 5.59. The van der Waals surface area contributed by atoms with E-state index in [1.165, 1.54) is 0 Å². The van der Waals surface area contributed by atoms with Crippen LogP contribution in [0.5, 0.6) is 0 Å². The number of hydrogen-bond acceptors (Lipinski definition) is 3. The standard InChI is InChI=1S/C20H27N3O3/c1-3-22-11-12-23(14(2)19(22)25)20(26)16-9-6-10-17(13-16)21-18(24)15-7-4-5-8-15/h6,9-10,13-15H,3-5,7-8,11-12H2,1-2H3,(H,21,24). The van der Waals surface area contributed by atoms with Crippen molar-refractivity contribution in [3.63, 3.8) is 0 Å². The number of rotatable bonds is 4. The summed E-state index contributed by atoms with van der Waals surface area (Å²) in [7, 11) is 0. The smallest absolute Gasteiger partial charge is 0.254 e. The molecule has 1 aromatic rings. The minimum atomic E-state index is -0.465. The summed E-state index contributed by atoms with van der Waals surface area (Å²) in [6.45, 7) is 5.46. The zero-order chi connectivity index (χ0) is 18.7. The van der Waals surface area contributed by atoms with Gasteiger partial charge in [0.05, 0.1) is 0 Å². The highest BCUT2D eigenvalue weighted by Crippen LogP contribution is 2.26. The Morgan fingerprint density at radius 2 is 1.92 bits per heavy atom. The van der Waals surface area contributed by atoms with E-state index in [1.807, 2.05) is 6.92 Å². The van der Waals surface area contributed by atoms with Gasteiger partial charge >= 0.3 is 0 Å². The molecule has 1 atom stereocenters. The van der Waals surface area contributed by atoms with Gasteiger partial charge in [0.15, 0.2) is 0 Å². The van der Waals surface area contributed by atoms with Gasteiger partial charge in [-0.25, -0.2) is 0 Å². The lowest BCUT2D eigenvalue weighted by molar-refractivity contribution is -0.139. The maximum absolute atomic E-state index is 12.9. The predicted molar refractivity (Wildman–Crippen MR) is 99.8 cm³/mol. The summed E-state index contributed by atoms with van der Waals surface area (Å²) in [6.07, 6.45) is 4.08. The van der Waals surface area contributed by atoms with Crippen molar-refractivity contribution in [2.75, 3.05) is 25.0 Å². The van der Waals surface area contributed by atoms with Gasteiger partial charge in [-0.15, -0.1) is 0 Å². The first kappa shape index (κ1) is 18.4. The highest BCUT2D eigenvalue weighted by atomic mass is 16.2. The average Bonchev–Trinajstić information content (AvgIpc) is 3.18. The lowest BCUT2D eigenvalue weighted by Gasteiger charge is -2.38. The van der Waals surface area contributed by atoms with Crippen molar-refractivity contribution in [1.29, 1.82) is 0 Å². The van der Waals surface area contributed by atoms with Crippen LogP contribution in [0.3, 0.4) is 0 Å². The van der Waals surface area contributed by atoms with Gasteiger partial charge in [-0.1, -0.05) is 18.9 Å². The van der Waals surface area contributed by atoms with E-state index < -0.39 is 6.04 Å². The molecule has 2 fully saturated rings. The minimum Gasteiger partial charge on any atom is -0.339 e. The van der Waals surface area contributed by atoms with Crippen LogP contribution in [0.15, 0.2) is 24.3 Å². The van der Waals surface area contributed by atoms with Crippen LogP contribution in [0.25, 0.3) is 0 Å². The largest absolute Gasteiger partial charge is 0.339 e. The lowest BCUT2D eigenvalue weighted by atomic mass is 10.1. The van der Waals surface area contributed by atoms with Crippen molar-refractivity contribution in [3.05, 3.63) is 29.8 Å². The molecule has 1 aliphatic carbocycles. The Hall–Kier alpha value is -2.37. The van der Waals surface area contributed by atoms with Crippen LogP contribution < -0.4 is 5.32 Å². The molecule has 6 nitrogen and oxygen atoms in total. The topological polar surface area (TPSA) is 69.7 Å². The Morgan fingerprint density at radius 1 is 1.19 bits per heavy atom. The van der Waals surface area contributed by atoms with Gasteiger partial charge in [-0.05, 0) is 44.9 Å². The third-order valence-electron chi connectivity index (χ3n) is 5.49. The molecule has 6 heteroatoms. The number of amides is 3. The van der Waals surface area contributed by atoms with Crippen LogP contribution in [0, 0.1) is 5.92 Å². The molecule has 3 rings (SSSR count). The molecule has 1 N–H and O–H groups in total. The first-order valence-electron chi connectivity index (χ1n) is 9.52. The van der Waals surface area contributed by atoms with Gasteiger partial charge in [0.2, 0.25) is 11.8 Å². The molecule has 3 amide bonds. The second-order valence-corrected chi connectivity index (χ2v) is 7.14. The molecule has 1 saturated carbocycles. The van der Waals surface area contributed by atoms with E-state index in [1.54, 1.807) is 41.0 Å². The molecule has 1 aromatic carbocycles. The number of benzene rings is 1. The fourth-order valence-electron chi connectivity index (χ4n) is 3.85. The Labute approximate surface area is 154 Å². The van der Waals surface area contributed by atoms with Crippen molar-refractivity contribution < 1.29 is 14.4 Å². The van der Waals surface area contributed by atoms with E-state index >= 15 is 0 Å². The molecule has 0 aromatic heterocycles. The third-order valence-corrected chi connectivity index (χ3v) is 5.49. The van der Waals surface area contributed by atoms with Crippen LogP contribution in [0.1, 0.15) is 49.9 Å². The van der Waals surface area contributed by atoms with Crippen molar-refractivity contribution >= 4 is 23.4 Å². The van der Waals surface area contributed by atoms with Gasteiger partial charge in [0, 0.05) is 36.8 Å². The van der Waals surface area contributed by atoms with Crippen LogP contribution >= 0.6 is 0 Å². The number of nitrogens with zero attached hydrogens (tertiary/aromatic N) is 2. The molecule has 1 saturated heterocycles. The summed E-state index contributed by atoms with van der Waals surface area (Å²) in [5.74, 6) is -0.0716. The Bertz CT molecular complexity index is 697. The first-order chi connectivity index (χ1) is 12.5. The van der Waals surface area contributed by atoms with Crippen LogP contribution in [-0.2, 0) is 9.59 Å². The van der Waals surface area contributed by atoms with E-state index in [4.69, 9.17) is 0 Å². The van der Waals surface area contributed by atoms with E-state index in [-0.39, 0.29) is 23.6 Å². The number of likely N-dealkylation sites (N-methyl/N-ethyl adjacent to an activating group) is 1. The van der Waals surface area contributed by atoms with E-state index in [9.17, 15) is 14.4 Å². The van der Waals surface area contributed by atoms with Crippen molar-refractivity contribution in [2.45, 2.75) is 45.6 Å². The SMILES string of the molecule is CCN1CCN(C(=O)c2cccc(NC(=O)C3CCCC3)c2)C(C)C1=O. The fourth-order valence-corrected chi connectivity index (χ4v) is 3.85. The molecule has 1 aliphatic heterocycles. The molecule has 0 spiro atoms. The summed E-state index contributed by atoms with van der Waals surface area (Å²) in [6, 6.07) is 6.54. The monoisotopic (exact) mass is 357 g/mol. The molecule has 26 heavy (non-hydrogen) atoms. The minimum absolute atomic E-state index is 0.0159. The third kappa shape index (κ3) is 3.74. The first-order valence-corrected chi connectivity index (χ1v) is 9.52. The van der Waals surface area contributed by atoms with Crippen LogP contribution in [0.4, 0.5) is 5.69 Å². The lowest BCUT2D eigenvalue weighted by Crippen LogP contribution is -2.57. The van der Waals surface area contributed by atoms with Crippen LogP contribution in [0.2, 0.25) is 0 Å². The molecular formula is C20H27N3O3. The summed E-state index contributed by atoms with van der Waals surface area (Å²) in [4.78, 5) is 40.9. The van der Waals surface area contributed by atoms with Gasteiger partial charge in [0.1, 0.15) is 6.04 Å². The second-order valence-electron chi connectivity index (χ2n) is 7.14. The molecule has 2 aliphatic rings. The number of anilines is 1. The molecule has 1 unspecified atom stereocenters. The summed E-state index contributed by atoms with van der Waals surface area (Å²) >= 11 is 0. The van der Waals surface area contributed by atoms with E-state index in [0.29, 0.717) is 30.9 Å². The number of nitrogens with one attached hydrogen (secondary N) is 1.